The molecule has 0 unspecified atom stereocenters. The minimum absolute atomic E-state index is 0.204. The van der Waals surface area contributed by atoms with E-state index in [4.69, 9.17) is 4.84 Å². The quantitative estimate of drug-likeness (QED) is 0.640. The average Bonchev–Trinajstić information content (AvgIpc) is 3.24. The lowest BCUT2D eigenvalue weighted by Crippen LogP contribution is -2.51. The Morgan fingerprint density at radius 1 is 1.19 bits per heavy atom. The maximum Gasteiger partial charge on any atom is 0.265 e. The summed E-state index contributed by atoms with van der Waals surface area (Å²) >= 11 is 0. The SMILES string of the molecule is CN(C)CCNC(=O)[C@@H](Cc1ccccc1)NC(=O)[C@H]1CC(c2cccc(F)c2)=NO1. The first kappa shape index (κ1) is 22.4. The van der Waals surface area contributed by atoms with E-state index in [9.17, 15) is 14.0 Å². The molecule has 1 heterocycles. The number of benzene rings is 2. The molecule has 0 fully saturated rings. The zero-order valence-corrected chi connectivity index (χ0v) is 17.7. The van der Waals surface area contributed by atoms with Crippen molar-refractivity contribution >= 4 is 17.5 Å². The first-order valence-corrected chi connectivity index (χ1v) is 10.2. The number of hydrogen-bond acceptors (Lipinski definition) is 5. The smallest absolute Gasteiger partial charge is 0.265 e. The molecule has 0 spiro atoms. The highest BCUT2D eigenvalue weighted by Gasteiger charge is 2.32. The van der Waals surface area contributed by atoms with E-state index in [2.05, 4.69) is 15.8 Å². The summed E-state index contributed by atoms with van der Waals surface area (Å²) in [5, 5.41) is 9.59. The van der Waals surface area contributed by atoms with Crippen LogP contribution in [-0.4, -0.2) is 61.8 Å². The van der Waals surface area contributed by atoms with E-state index >= 15 is 0 Å². The summed E-state index contributed by atoms with van der Waals surface area (Å²) in [5.41, 5.74) is 1.99. The molecule has 8 heteroatoms. The Bertz CT molecular complexity index is 933. The van der Waals surface area contributed by atoms with Gasteiger partial charge in [-0.05, 0) is 31.8 Å². The van der Waals surface area contributed by atoms with Gasteiger partial charge < -0.3 is 20.4 Å². The van der Waals surface area contributed by atoms with Gasteiger partial charge in [0.05, 0.1) is 5.71 Å². The molecule has 0 saturated carbocycles. The fourth-order valence-corrected chi connectivity index (χ4v) is 3.21. The summed E-state index contributed by atoms with van der Waals surface area (Å²) in [6.45, 7) is 1.16. The van der Waals surface area contributed by atoms with Gasteiger partial charge in [-0.15, -0.1) is 0 Å². The van der Waals surface area contributed by atoms with Gasteiger partial charge in [-0.1, -0.05) is 47.6 Å². The monoisotopic (exact) mass is 426 g/mol. The van der Waals surface area contributed by atoms with Crippen molar-refractivity contribution in [2.24, 2.45) is 5.16 Å². The largest absolute Gasteiger partial charge is 0.382 e. The number of rotatable bonds is 9. The van der Waals surface area contributed by atoms with Crippen molar-refractivity contribution < 1.29 is 18.8 Å². The van der Waals surface area contributed by atoms with Gasteiger partial charge in [0.2, 0.25) is 12.0 Å². The van der Waals surface area contributed by atoms with E-state index < -0.39 is 18.1 Å². The molecule has 0 radical (unpaired) electrons. The Morgan fingerprint density at radius 2 is 1.97 bits per heavy atom. The lowest BCUT2D eigenvalue weighted by molar-refractivity contribution is -0.135. The number of carbonyl (C=O) groups excluding carboxylic acids is 2. The van der Waals surface area contributed by atoms with Gasteiger partial charge in [0.15, 0.2) is 0 Å². The van der Waals surface area contributed by atoms with Gasteiger partial charge >= 0.3 is 0 Å². The number of carbonyl (C=O) groups is 2. The van der Waals surface area contributed by atoms with Gasteiger partial charge in [-0.2, -0.15) is 0 Å². The number of likely N-dealkylation sites (N-methyl/N-ethyl adjacent to an activating group) is 1. The number of halogens is 1. The molecule has 164 valence electrons. The summed E-state index contributed by atoms with van der Waals surface area (Å²) in [5.74, 6) is -1.08. The predicted molar refractivity (Wildman–Crippen MR) is 116 cm³/mol. The van der Waals surface area contributed by atoms with Crippen LogP contribution in [0.3, 0.4) is 0 Å². The molecule has 2 amide bonds. The van der Waals surface area contributed by atoms with Crippen LogP contribution in [0.25, 0.3) is 0 Å². The van der Waals surface area contributed by atoms with E-state index in [0.717, 1.165) is 5.56 Å². The lowest BCUT2D eigenvalue weighted by Gasteiger charge is -2.20. The Labute approximate surface area is 181 Å². The number of nitrogens with zero attached hydrogens (tertiary/aromatic N) is 2. The highest BCUT2D eigenvalue weighted by atomic mass is 19.1. The normalized spacial score (nSPS) is 16.4. The van der Waals surface area contributed by atoms with Crippen LogP contribution < -0.4 is 10.6 Å². The van der Waals surface area contributed by atoms with Gasteiger partial charge in [0.1, 0.15) is 11.9 Å². The minimum Gasteiger partial charge on any atom is -0.382 e. The molecule has 0 aliphatic carbocycles. The van der Waals surface area contributed by atoms with Gasteiger partial charge in [0, 0.05) is 31.5 Å². The Hall–Kier alpha value is -3.26. The minimum atomic E-state index is -0.869. The second kappa shape index (κ2) is 10.7. The van der Waals surface area contributed by atoms with E-state index in [1.807, 2.05) is 49.3 Å². The zero-order valence-electron chi connectivity index (χ0n) is 17.7. The molecule has 2 aromatic carbocycles. The maximum absolute atomic E-state index is 13.5. The third-order valence-corrected chi connectivity index (χ3v) is 4.89. The molecule has 2 N–H and O–H groups in total. The molecule has 1 aliphatic rings. The summed E-state index contributed by atoms with van der Waals surface area (Å²) in [6, 6.07) is 14.7. The molecule has 1 aliphatic heterocycles. The third-order valence-electron chi connectivity index (χ3n) is 4.89. The molecule has 2 aromatic rings. The molecule has 0 bridgehead atoms. The van der Waals surface area contributed by atoms with E-state index in [0.29, 0.717) is 30.8 Å². The van der Waals surface area contributed by atoms with E-state index in [1.165, 1.54) is 12.1 Å². The van der Waals surface area contributed by atoms with Crippen LogP contribution in [0.15, 0.2) is 59.8 Å². The second-order valence-corrected chi connectivity index (χ2v) is 7.69. The standard InChI is InChI=1S/C23H27FN4O3/c1-28(2)12-11-25-22(29)20(13-16-7-4-3-5-8-16)26-23(30)21-15-19(27-31-21)17-9-6-10-18(24)14-17/h3-10,14,20-21H,11-13,15H2,1-2H3,(H,25,29)(H,26,30)/t20-,21-/m1/s1. The van der Waals surface area contributed by atoms with Crippen LogP contribution in [0.4, 0.5) is 4.39 Å². The van der Waals surface area contributed by atoms with Crippen LogP contribution in [0.1, 0.15) is 17.5 Å². The molecule has 7 nitrogen and oxygen atoms in total. The molecule has 3 rings (SSSR count). The van der Waals surface area contributed by atoms with Crippen molar-refractivity contribution in [1.82, 2.24) is 15.5 Å². The van der Waals surface area contributed by atoms with Crippen molar-refractivity contribution in [3.8, 4) is 0 Å². The highest BCUT2D eigenvalue weighted by Crippen LogP contribution is 2.18. The van der Waals surface area contributed by atoms with E-state index in [-0.39, 0.29) is 18.1 Å². The Balaban J connectivity index is 1.63. The van der Waals surface area contributed by atoms with Crippen LogP contribution >= 0.6 is 0 Å². The summed E-state index contributed by atoms with van der Waals surface area (Å²) in [6.07, 6.45) is -0.313. The van der Waals surface area contributed by atoms with E-state index in [1.54, 1.807) is 12.1 Å². The average molecular weight is 426 g/mol. The van der Waals surface area contributed by atoms with Gasteiger partial charge in [-0.3, -0.25) is 9.59 Å². The Kier molecular flexibility index (Phi) is 7.72. The number of nitrogens with one attached hydrogen (secondary N) is 2. The third kappa shape index (κ3) is 6.62. The van der Waals surface area contributed by atoms with Gasteiger partial charge in [0.25, 0.3) is 5.91 Å². The summed E-state index contributed by atoms with van der Waals surface area (Å²) in [7, 11) is 3.84. The van der Waals surface area contributed by atoms with Gasteiger partial charge in [-0.25, -0.2) is 4.39 Å². The molecule has 2 atom stereocenters. The Morgan fingerprint density at radius 3 is 2.68 bits per heavy atom. The number of amides is 2. The van der Waals surface area contributed by atoms with Crippen molar-refractivity contribution in [1.29, 1.82) is 0 Å². The molecular weight excluding hydrogens is 399 g/mol. The maximum atomic E-state index is 13.5. The summed E-state index contributed by atoms with van der Waals surface area (Å²) < 4.78 is 13.5. The van der Waals surface area contributed by atoms with Crippen molar-refractivity contribution in [3.05, 3.63) is 71.5 Å². The van der Waals surface area contributed by atoms with Crippen molar-refractivity contribution in [3.63, 3.8) is 0 Å². The highest BCUT2D eigenvalue weighted by molar-refractivity contribution is 6.04. The van der Waals surface area contributed by atoms with Crippen LogP contribution in [0, 0.1) is 5.82 Å². The first-order valence-electron chi connectivity index (χ1n) is 10.2. The first-order chi connectivity index (χ1) is 14.9. The van der Waals surface area contributed by atoms with Crippen molar-refractivity contribution in [2.75, 3.05) is 27.2 Å². The fourth-order valence-electron chi connectivity index (χ4n) is 3.21. The zero-order chi connectivity index (χ0) is 22.2. The molecule has 0 saturated heterocycles. The number of hydrogen-bond donors (Lipinski definition) is 2. The lowest BCUT2D eigenvalue weighted by atomic mass is 10.0. The number of oxime groups is 1. The van der Waals surface area contributed by atoms with Crippen LogP contribution in [-0.2, 0) is 20.8 Å². The molecule has 0 aromatic heterocycles. The van der Waals surface area contributed by atoms with Crippen molar-refractivity contribution in [2.45, 2.75) is 25.0 Å². The molecule has 31 heavy (non-hydrogen) atoms. The molecular formula is C23H27FN4O3. The van der Waals surface area contributed by atoms with Crippen LogP contribution in [0.5, 0.6) is 0 Å². The fraction of sp³-hybridized carbons (Fsp3) is 0.348. The topological polar surface area (TPSA) is 83.0 Å². The predicted octanol–water partition coefficient (Wildman–Crippen LogP) is 1.72. The summed E-state index contributed by atoms with van der Waals surface area (Å²) in [4.78, 5) is 32.8. The second-order valence-electron chi connectivity index (χ2n) is 7.69. The van der Waals surface area contributed by atoms with Crippen LogP contribution in [0.2, 0.25) is 0 Å².